The Balaban J connectivity index is 3.15. The summed E-state index contributed by atoms with van der Waals surface area (Å²) in [6.45, 7) is 1.39. The van der Waals surface area contributed by atoms with Gasteiger partial charge in [0.15, 0.2) is 0 Å². The van der Waals surface area contributed by atoms with Gasteiger partial charge in [0.25, 0.3) is 0 Å². The van der Waals surface area contributed by atoms with Gasteiger partial charge < -0.3 is 10.5 Å². The van der Waals surface area contributed by atoms with Crippen LogP contribution in [0.15, 0.2) is 18.2 Å². The highest BCUT2D eigenvalue weighted by atomic mass is 19.4. The van der Waals surface area contributed by atoms with Crippen molar-refractivity contribution in [3.63, 3.8) is 0 Å². The molecule has 0 fully saturated rings. The molecule has 2 N–H and O–H groups in total. The minimum absolute atomic E-state index is 0.214. The molecule has 0 aromatic heterocycles. The summed E-state index contributed by atoms with van der Waals surface area (Å²) in [6, 6.07) is 1.30. The van der Waals surface area contributed by atoms with Gasteiger partial charge in [0, 0.05) is 0 Å². The summed E-state index contributed by atoms with van der Waals surface area (Å²) in [6.07, 6.45) is -5.68. The Morgan fingerprint density at radius 2 is 1.72 bits per heavy atom. The second-order valence-corrected chi connectivity index (χ2v) is 3.82. The Bertz CT molecular complexity index is 430. The summed E-state index contributed by atoms with van der Waals surface area (Å²) < 4.78 is 67.6. The molecule has 1 unspecified atom stereocenters. The lowest BCUT2D eigenvalue weighted by Gasteiger charge is -2.27. The van der Waals surface area contributed by atoms with Crippen LogP contribution in [0.3, 0.4) is 0 Å². The lowest BCUT2D eigenvalue weighted by Crippen LogP contribution is -2.46. The van der Waals surface area contributed by atoms with Crippen molar-refractivity contribution in [2.24, 2.45) is 5.73 Å². The molecule has 0 aliphatic rings. The fourth-order valence-electron chi connectivity index (χ4n) is 1.50. The quantitative estimate of drug-likeness (QED) is 0.855. The van der Waals surface area contributed by atoms with Gasteiger partial charge in [-0.15, -0.1) is 0 Å². The molecule has 0 saturated carbocycles. The third kappa shape index (κ3) is 2.55. The maximum Gasteiger partial charge on any atom is 0.455 e. The van der Waals surface area contributed by atoms with E-state index < -0.39 is 18.1 Å². The Labute approximate surface area is 101 Å². The third-order valence-corrected chi connectivity index (χ3v) is 2.58. The van der Waals surface area contributed by atoms with E-state index in [9.17, 15) is 22.0 Å². The van der Waals surface area contributed by atoms with Gasteiger partial charge in [-0.05, 0) is 30.2 Å². The molecule has 1 rings (SSSR count). The minimum atomic E-state index is -5.68. The molecule has 2 nitrogen and oxygen atoms in total. The summed E-state index contributed by atoms with van der Waals surface area (Å²) in [5.41, 5.74) is 4.99. The number of benzene rings is 1. The minimum Gasteiger partial charge on any atom is -0.497 e. The van der Waals surface area contributed by atoms with Crippen molar-refractivity contribution >= 4 is 0 Å². The molecular weight excluding hydrogens is 257 g/mol. The summed E-state index contributed by atoms with van der Waals surface area (Å²) in [5.74, 6) is -4.62. The fraction of sp³-hybridized carbons (Fsp3) is 0.455. The Hall–Kier alpha value is -1.37. The van der Waals surface area contributed by atoms with Crippen LogP contribution in [0.1, 0.15) is 17.2 Å². The highest BCUT2D eigenvalue weighted by molar-refractivity contribution is 5.37. The van der Waals surface area contributed by atoms with E-state index in [0.29, 0.717) is 5.75 Å². The molecular formula is C11H12F5NO. The Morgan fingerprint density at radius 1 is 1.17 bits per heavy atom. The zero-order valence-corrected chi connectivity index (χ0v) is 9.68. The molecule has 0 bridgehead atoms. The maximum absolute atomic E-state index is 13.1. The Morgan fingerprint density at radius 3 is 2.11 bits per heavy atom. The molecule has 1 aromatic rings. The van der Waals surface area contributed by atoms with Gasteiger partial charge in [-0.2, -0.15) is 22.0 Å². The fourth-order valence-corrected chi connectivity index (χ4v) is 1.50. The van der Waals surface area contributed by atoms with E-state index in [2.05, 4.69) is 0 Å². The number of methoxy groups -OCH3 is 1. The van der Waals surface area contributed by atoms with Crippen LogP contribution in [0.25, 0.3) is 0 Å². The van der Waals surface area contributed by atoms with E-state index in [-0.39, 0.29) is 11.1 Å². The maximum atomic E-state index is 13.1. The molecule has 0 spiro atoms. The molecule has 1 atom stereocenters. The van der Waals surface area contributed by atoms with E-state index >= 15 is 0 Å². The standard InChI is InChI=1S/C11H12F5NO/c1-6-5-7(18-2)3-4-8(6)9(17)10(12,13)11(14,15)16/h3-5,9H,17H2,1-2H3. The van der Waals surface area contributed by atoms with Gasteiger partial charge in [0.1, 0.15) is 11.8 Å². The average molecular weight is 269 g/mol. The van der Waals surface area contributed by atoms with E-state index in [4.69, 9.17) is 10.5 Å². The van der Waals surface area contributed by atoms with Crippen molar-refractivity contribution in [3.8, 4) is 5.75 Å². The lowest BCUT2D eigenvalue weighted by molar-refractivity contribution is -0.291. The van der Waals surface area contributed by atoms with Crippen LogP contribution in [0, 0.1) is 6.92 Å². The van der Waals surface area contributed by atoms with Gasteiger partial charge in [-0.1, -0.05) is 6.07 Å². The number of halogens is 5. The highest BCUT2D eigenvalue weighted by Crippen LogP contribution is 2.44. The lowest BCUT2D eigenvalue weighted by atomic mass is 9.96. The number of nitrogens with two attached hydrogens (primary N) is 1. The second kappa shape index (κ2) is 4.72. The monoisotopic (exact) mass is 269 g/mol. The van der Waals surface area contributed by atoms with Gasteiger partial charge in [0.2, 0.25) is 0 Å². The van der Waals surface area contributed by atoms with E-state index in [0.717, 1.165) is 6.07 Å². The number of aryl methyl sites for hydroxylation is 1. The van der Waals surface area contributed by atoms with Crippen LogP contribution in [-0.4, -0.2) is 19.2 Å². The third-order valence-electron chi connectivity index (χ3n) is 2.58. The van der Waals surface area contributed by atoms with Gasteiger partial charge in [0.05, 0.1) is 7.11 Å². The van der Waals surface area contributed by atoms with Crippen molar-refractivity contribution in [2.45, 2.75) is 25.1 Å². The summed E-state index contributed by atoms with van der Waals surface area (Å²) in [5, 5.41) is 0. The van der Waals surface area contributed by atoms with Crippen molar-refractivity contribution in [1.29, 1.82) is 0 Å². The van der Waals surface area contributed by atoms with Crippen molar-refractivity contribution in [3.05, 3.63) is 29.3 Å². The van der Waals surface area contributed by atoms with E-state index in [1.54, 1.807) is 0 Å². The molecule has 0 saturated heterocycles. The van der Waals surface area contributed by atoms with E-state index in [1.165, 1.54) is 26.2 Å². The average Bonchev–Trinajstić information content (AvgIpc) is 2.26. The number of alkyl halides is 5. The van der Waals surface area contributed by atoms with Crippen molar-refractivity contribution in [1.82, 2.24) is 0 Å². The zero-order valence-electron chi connectivity index (χ0n) is 9.68. The molecule has 1 aromatic carbocycles. The largest absolute Gasteiger partial charge is 0.497 e. The second-order valence-electron chi connectivity index (χ2n) is 3.82. The van der Waals surface area contributed by atoms with Crippen LogP contribution in [-0.2, 0) is 0 Å². The molecule has 7 heteroatoms. The first-order chi connectivity index (χ1) is 8.11. The first kappa shape index (κ1) is 14.7. The predicted molar refractivity (Wildman–Crippen MR) is 55.7 cm³/mol. The van der Waals surface area contributed by atoms with Crippen LogP contribution in [0.4, 0.5) is 22.0 Å². The first-order valence-corrected chi connectivity index (χ1v) is 4.96. The number of rotatable bonds is 3. The number of hydrogen-bond acceptors (Lipinski definition) is 2. The van der Waals surface area contributed by atoms with Gasteiger partial charge in [-0.25, -0.2) is 0 Å². The summed E-state index contributed by atoms with van der Waals surface area (Å²) >= 11 is 0. The van der Waals surface area contributed by atoms with Crippen LogP contribution >= 0.6 is 0 Å². The number of hydrogen-bond donors (Lipinski definition) is 1. The van der Waals surface area contributed by atoms with Crippen LogP contribution in [0.2, 0.25) is 0 Å². The summed E-state index contributed by atoms with van der Waals surface area (Å²) in [7, 11) is 1.36. The normalized spacial score (nSPS) is 14.4. The van der Waals surface area contributed by atoms with Gasteiger partial charge >= 0.3 is 12.1 Å². The predicted octanol–water partition coefficient (Wildman–Crippen LogP) is 3.20. The topological polar surface area (TPSA) is 35.2 Å². The first-order valence-electron chi connectivity index (χ1n) is 4.96. The number of ether oxygens (including phenoxy) is 1. The molecule has 0 radical (unpaired) electrons. The van der Waals surface area contributed by atoms with Crippen molar-refractivity contribution in [2.75, 3.05) is 7.11 Å². The molecule has 0 aliphatic carbocycles. The highest BCUT2D eigenvalue weighted by Gasteiger charge is 2.61. The molecule has 0 heterocycles. The zero-order chi connectivity index (χ0) is 14.1. The molecule has 0 amide bonds. The van der Waals surface area contributed by atoms with Crippen molar-refractivity contribution < 1.29 is 26.7 Å². The Kier molecular flexibility index (Phi) is 3.85. The SMILES string of the molecule is COc1ccc(C(N)C(F)(F)C(F)(F)F)c(C)c1. The smallest absolute Gasteiger partial charge is 0.455 e. The molecule has 18 heavy (non-hydrogen) atoms. The molecule has 0 aliphatic heterocycles. The molecule has 102 valence electrons. The van der Waals surface area contributed by atoms with Crippen LogP contribution in [0.5, 0.6) is 5.75 Å². The van der Waals surface area contributed by atoms with Gasteiger partial charge in [-0.3, -0.25) is 0 Å². The van der Waals surface area contributed by atoms with E-state index in [1.807, 2.05) is 0 Å². The van der Waals surface area contributed by atoms with Crippen LogP contribution < -0.4 is 10.5 Å². The summed E-state index contributed by atoms with van der Waals surface area (Å²) in [4.78, 5) is 0.